The van der Waals surface area contributed by atoms with E-state index in [1.807, 2.05) is 13.8 Å². The van der Waals surface area contributed by atoms with Gasteiger partial charge in [-0.25, -0.2) is 9.97 Å². The highest BCUT2D eigenvalue weighted by molar-refractivity contribution is 5.57. The van der Waals surface area contributed by atoms with Gasteiger partial charge in [0, 0.05) is 24.6 Å². The second-order valence-corrected chi connectivity index (χ2v) is 5.90. The molecule has 1 aromatic rings. The Bertz CT molecular complexity index is 433. The third-order valence-corrected chi connectivity index (χ3v) is 3.31. The van der Waals surface area contributed by atoms with Crippen LogP contribution in [0.5, 0.6) is 0 Å². The monoisotopic (exact) mass is 294 g/mol. The lowest BCUT2D eigenvalue weighted by Gasteiger charge is -2.16. The minimum Gasteiger partial charge on any atom is -0.393 e. The van der Waals surface area contributed by atoms with Crippen LogP contribution in [0.2, 0.25) is 0 Å². The predicted molar refractivity (Wildman–Crippen MR) is 89.0 cm³/mol. The van der Waals surface area contributed by atoms with Crippen molar-refractivity contribution in [3.8, 4) is 0 Å². The first-order valence-corrected chi connectivity index (χ1v) is 8.00. The number of aromatic nitrogens is 2. The van der Waals surface area contributed by atoms with Crippen LogP contribution in [-0.4, -0.2) is 34.3 Å². The standard InChI is InChI=1S/C16H30N4O/c1-6-9-17-15-13(5)16(18-10-7-8-12(4)21)20-14(19-15)11(2)3/h11-12,21H,6-10H2,1-5H3,(H2,17,18,19,20). The Morgan fingerprint density at radius 1 is 1.05 bits per heavy atom. The van der Waals surface area contributed by atoms with Gasteiger partial charge in [0.1, 0.15) is 17.5 Å². The van der Waals surface area contributed by atoms with Gasteiger partial charge >= 0.3 is 0 Å². The first kappa shape index (κ1) is 17.7. The zero-order valence-corrected chi connectivity index (χ0v) is 14.0. The molecule has 0 saturated carbocycles. The first-order chi connectivity index (χ1) is 9.95. The number of hydrogen-bond donors (Lipinski definition) is 3. The molecule has 0 radical (unpaired) electrons. The van der Waals surface area contributed by atoms with Crippen molar-refractivity contribution in [3.63, 3.8) is 0 Å². The van der Waals surface area contributed by atoms with E-state index in [9.17, 15) is 5.11 Å². The minimum atomic E-state index is -0.244. The van der Waals surface area contributed by atoms with E-state index in [2.05, 4.69) is 41.4 Å². The average molecular weight is 294 g/mol. The molecule has 1 heterocycles. The minimum absolute atomic E-state index is 0.244. The molecule has 21 heavy (non-hydrogen) atoms. The summed E-state index contributed by atoms with van der Waals surface area (Å²) in [5.41, 5.74) is 1.06. The molecule has 120 valence electrons. The summed E-state index contributed by atoms with van der Waals surface area (Å²) in [5.74, 6) is 2.98. The van der Waals surface area contributed by atoms with Crippen LogP contribution in [0, 0.1) is 6.92 Å². The molecular formula is C16H30N4O. The summed E-state index contributed by atoms with van der Waals surface area (Å²) in [6.07, 6.45) is 2.55. The summed E-state index contributed by atoms with van der Waals surface area (Å²) in [4.78, 5) is 9.26. The van der Waals surface area contributed by atoms with E-state index in [4.69, 9.17) is 0 Å². The van der Waals surface area contributed by atoms with E-state index < -0.39 is 0 Å². The largest absolute Gasteiger partial charge is 0.393 e. The molecule has 0 aliphatic carbocycles. The summed E-state index contributed by atoms with van der Waals surface area (Å²) in [6, 6.07) is 0. The van der Waals surface area contributed by atoms with Crippen LogP contribution in [0.25, 0.3) is 0 Å². The lowest BCUT2D eigenvalue weighted by Crippen LogP contribution is -2.14. The van der Waals surface area contributed by atoms with Crippen molar-refractivity contribution in [1.29, 1.82) is 0 Å². The molecule has 1 atom stereocenters. The van der Waals surface area contributed by atoms with Crippen molar-refractivity contribution in [2.45, 2.75) is 65.9 Å². The normalized spacial score (nSPS) is 12.5. The van der Waals surface area contributed by atoms with Crippen molar-refractivity contribution in [2.75, 3.05) is 23.7 Å². The Labute approximate surface area is 128 Å². The fourth-order valence-electron chi connectivity index (χ4n) is 1.98. The summed E-state index contributed by atoms with van der Waals surface area (Å²) >= 11 is 0. The number of aliphatic hydroxyl groups is 1. The van der Waals surface area contributed by atoms with Crippen molar-refractivity contribution in [2.24, 2.45) is 0 Å². The first-order valence-electron chi connectivity index (χ1n) is 8.00. The smallest absolute Gasteiger partial charge is 0.135 e. The Hall–Kier alpha value is -1.36. The van der Waals surface area contributed by atoms with Gasteiger partial charge in [-0.15, -0.1) is 0 Å². The second-order valence-electron chi connectivity index (χ2n) is 5.90. The van der Waals surface area contributed by atoms with Crippen LogP contribution in [0.3, 0.4) is 0 Å². The SMILES string of the molecule is CCCNc1nc(C(C)C)nc(NCCCC(C)O)c1C. The molecule has 1 unspecified atom stereocenters. The third-order valence-electron chi connectivity index (χ3n) is 3.31. The van der Waals surface area contributed by atoms with Crippen molar-refractivity contribution in [1.82, 2.24) is 9.97 Å². The molecule has 0 fully saturated rings. The van der Waals surface area contributed by atoms with Gasteiger partial charge in [-0.2, -0.15) is 0 Å². The van der Waals surface area contributed by atoms with Gasteiger partial charge in [-0.3, -0.25) is 0 Å². The lowest BCUT2D eigenvalue weighted by atomic mass is 10.2. The number of hydrogen-bond acceptors (Lipinski definition) is 5. The van der Waals surface area contributed by atoms with E-state index >= 15 is 0 Å². The second kappa shape index (κ2) is 8.82. The van der Waals surface area contributed by atoms with Crippen LogP contribution in [0.15, 0.2) is 0 Å². The molecule has 0 bridgehead atoms. The molecule has 0 aromatic carbocycles. The van der Waals surface area contributed by atoms with Gasteiger partial charge in [0.15, 0.2) is 0 Å². The Balaban J connectivity index is 2.82. The maximum Gasteiger partial charge on any atom is 0.135 e. The van der Waals surface area contributed by atoms with Gasteiger partial charge in [0.2, 0.25) is 0 Å². The van der Waals surface area contributed by atoms with Gasteiger partial charge in [-0.1, -0.05) is 20.8 Å². The van der Waals surface area contributed by atoms with Crippen molar-refractivity contribution in [3.05, 3.63) is 11.4 Å². The molecule has 0 aliphatic heterocycles. The quantitative estimate of drug-likeness (QED) is 0.610. The van der Waals surface area contributed by atoms with Crippen LogP contribution in [0.1, 0.15) is 64.3 Å². The van der Waals surface area contributed by atoms with Crippen molar-refractivity contribution >= 4 is 11.6 Å². The fraction of sp³-hybridized carbons (Fsp3) is 0.750. The highest BCUT2D eigenvalue weighted by atomic mass is 16.3. The molecule has 3 N–H and O–H groups in total. The van der Waals surface area contributed by atoms with E-state index in [0.29, 0.717) is 5.92 Å². The number of aliphatic hydroxyl groups excluding tert-OH is 1. The zero-order valence-electron chi connectivity index (χ0n) is 14.0. The van der Waals surface area contributed by atoms with Gasteiger partial charge in [0.25, 0.3) is 0 Å². The van der Waals surface area contributed by atoms with Crippen LogP contribution in [-0.2, 0) is 0 Å². The number of nitrogens with zero attached hydrogens (tertiary/aromatic N) is 2. The highest BCUT2D eigenvalue weighted by Gasteiger charge is 2.12. The molecule has 1 rings (SSSR count). The number of nitrogens with one attached hydrogen (secondary N) is 2. The summed E-state index contributed by atoms with van der Waals surface area (Å²) in [5, 5.41) is 16.1. The molecular weight excluding hydrogens is 264 g/mol. The third kappa shape index (κ3) is 5.87. The highest BCUT2D eigenvalue weighted by Crippen LogP contribution is 2.23. The Morgan fingerprint density at radius 2 is 1.62 bits per heavy atom. The van der Waals surface area contributed by atoms with E-state index in [1.165, 1.54) is 0 Å². The maximum atomic E-state index is 9.30. The molecule has 0 saturated heterocycles. The average Bonchev–Trinajstić information content (AvgIpc) is 2.43. The number of anilines is 2. The summed E-state index contributed by atoms with van der Waals surface area (Å²) in [7, 11) is 0. The maximum absolute atomic E-state index is 9.30. The van der Waals surface area contributed by atoms with Gasteiger partial charge < -0.3 is 15.7 Å². The van der Waals surface area contributed by atoms with Gasteiger partial charge in [0.05, 0.1) is 6.10 Å². The van der Waals surface area contributed by atoms with Crippen LogP contribution in [0.4, 0.5) is 11.6 Å². The molecule has 0 amide bonds. The fourth-order valence-corrected chi connectivity index (χ4v) is 1.98. The predicted octanol–water partition coefficient (Wildman–Crippen LogP) is 3.30. The van der Waals surface area contributed by atoms with Gasteiger partial charge in [-0.05, 0) is 33.1 Å². The van der Waals surface area contributed by atoms with E-state index in [-0.39, 0.29) is 6.10 Å². The van der Waals surface area contributed by atoms with Crippen LogP contribution >= 0.6 is 0 Å². The molecule has 5 nitrogen and oxygen atoms in total. The van der Waals surface area contributed by atoms with E-state index in [1.54, 1.807) is 0 Å². The summed E-state index contributed by atoms with van der Waals surface area (Å²) in [6.45, 7) is 11.9. The van der Waals surface area contributed by atoms with Crippen molar-refractivity contribution < 1.29 is 5.11 Å². The molecule has 0 spiro atoms. The Kier molecular flexibility index (Phi) is 7.43. The Morgan fingerprint density at radius 3 is 2.10 bits per heavy atom. The molecule has 5 heteroatoms. The lowest BCUT2D eigenvalue weighted by molar-refractivity contribution is 0.183. The molecule has 1 aromatic heterocycles. The number of rotatable bonds is 9. The summed E-state index contributed by atoms with van der Waals surface area (Å²) < 4.78 is 0. The molecule has 0 aliphatic rings. The van der Waals surface area contributed by atoms with E-state index in [0.717, 1.165) is 55.4 Å². The topological polar surface area (TPSA) is 70.1 Å². The van der Waals surface area contributed by atoms with Crippen LogP contribution < -0.4 is 10.6 Å². The zero-order chi connectivity index (χ0) is 15.8.